The van der Waals surface area contributed by atoms with Crippen LogP contribution in [0.15, 0.2) is 54.6 Å². The molecule has 2 rings (SSSR count). The summed E-state index contributed by atoms with van der Waals surface area (Å²) in [7, 11) is 1.34. The quantitative estimate of drug-likeness (QED) is 0.808. The molecule has 0 bridgehead atoms. The molecule has 2 aromatic rings. The van der Waals surface area contributed by atoms with Crippen molar-refractivity contribution >= 4 is 17.6 Å². The van der Waals surface area contributed by atoms with Crippen LogP contribution < -0.4 is 5.32 Å². The van der Waals surface area contributed by atoms with Gasteiger partial charge in [0, 0.05) is 5.69 Å². The van der Waals surface area contributed by atoms with E-state index in [0.29, 0.717) is 11.3 Å². The number of anilines is 1. The Balaban J connectivity index is 2.17. The topological polar surface area (TPSA) is 55.4 Å². The molecule has 0 fully saturated rings. The Bertz CT molecular complexity index is 680. The summed E-state index contributed by atoms with van der Waals surface area (Å²) in [5.74, 6) is -0.422. The van der Waals surface area contributed by atoms with Gasteiger partial charge in [-0.2, -0.15) is 0 Å². The lowest BCUT2D eigenvalue weighted by Crippen LogP contribution is -2.26. The number of rotatable bonds is 6. The highest BCUT2D eigenvalue weighted by atomic mass is 16.5. The average molecular weight is 325 g/mol. The number of ether oxygens (including phenoxy) is 1. The molecule has 0 saturated heterocycles. The largest absolute Gasteiger partial charge is 0.465 e. The molecular weight excluding hydrogens is 302 g/mol. The van der Waals surface area contributed by atoms with Gasteiger partial charge in [-0.25, -0.2) is 4.79 Å². The van der Waals surface area contributed by atoms with E-state index in [0.717, 1.165) is 12.0 Å². The van der Waals surface area contributed by atoms with E-state index >= 15 is 0 Å². The highest BCUT2D eigenvalue weighted by Crippen LogP contribution is 2.28. The molecule has 2 atom stereocenters. The standard InChI is InChI=1S/C20H23NO3/c1-4-14(2)18(15-8-6-5-7-9-15)19(22)21-17-12-10-16(11-13-17)20(23)24-3/h5-14,18H,4H2,1-3H3,(H,21,22)/t14-,18-/m0/s1. The second-order valence-electron chi connectivity index (χ2n) is 5.83. The smallest absolute Gasteiger partial charge is 0.337 e. The zero-order valence-corrected chi connectivity index (χ0v) is 14.3. The van der Waals surface area contributed by atoms with Crippen molar-refractivity contribution in [1.82, 2.24) is 0 Å². The third-order valence-electron chi connectivity index (χ3n) is 4.23. The maximum atomic E-state index is 12.8. The first-order valence-corrected chi connectivity index (χ1v) is 8.11. The van der Waals surface area contributed by atoms with Crippen molar-refractivity contribution in [1.29, 1.82) is 0 Å². The van der Waals surface area contributed by atoms with Gasteiger partial charge < -0.3 is 10.1 Å². The van der Waals surface area contributed by atoms with Crippen LogP contribution in [0.3, 0.4) is 0 Å². The maximum absolute atomic E-state index is 12.8. The summed E-state index contributed by atoms with van der Waals surface area (Å²) >= 11 is 0. The van der Waals surface area contributed by atoms with Crippen molar-refractivity contribution in [2.45, 2.75) is 26.2 Å². The van der Waals surface area contributed by atoms with Gasteiger partial charge in [-0.1, -0.05) is 50.6 Å². The molecule has 0 spiro atoms. The van der Waals surface area contributed by atoms with Gasteiger partial charge in [-0.05, 0) is 35.7 Å². The molecule has 1 amide bonds. The lowest BCUT2D eigenvalue weighted by Gasteiger charge is -2.22. The molecule has 126 valence electrons. The summed E-state index contributed by atoms with van der Waals surface area (Å²) in [6.07, 6.45) is 0.911. The Kier molecular flexibility index (Phi) is 6.13. The Morgan fingerprint density at radius 3 is 2.21 bits per heavy atom. The molecule has 24 heavy (non-hydrogen) atoms. The lowest BCUT2D eigenvalue weighted by atomic mass is 9.85. The first-order valence-electron chi connectivity index (χ1n) is 8.11. The van der Waals surface area contributed by atoms with Crippen LogP contribution in [0.5, 0.6) is 0 Å². The van der Waals surface area contributed by atoms with E-state index in [2.05, 4.69) is 23.9 Å². The van der Waals surface area contributed by atoms with Gasteiger partial charge in [-0.3, -0.25) is 4.79 Å². The minimum Gasteiger partial charge on any atom is -0.465 e. The van der Waals surface area contributed by atoms with E-state index in [9.17, 15) is 9.59 Å². The van der Waals surface area contributed by atoms with Gasteiger partial charge in [0.25, 0.3) is 0 Å². The first-order chi connectivity index (χ1) is 11.6. The molecule has 0 saturated carbocycles. The molecular formula is C20H23NO3. The number of hydrogen-bond acceptors (Lipinski definition) is 3. The molecule has 4 heteroatoms. The molecule has 0 unspecified atom stereocenters. The van der Waals surface area contributed by atoms with Gasteiger partial charge in [0.2, 0.25) is 5.91 Å². The molecule has 0 aliphatic carbocycles. The number of nitrogens with one attached hydrogen (secondary N) is 1. The van der Waals surface area contributed by atoms with Crippen molar-refractivity contribution in [3.8, 4) is 0 Å². The summed E-state index contributed by atoms with van der Waals surface area (Å²) in [5.41, 5.74) is 2.13. The normalized spacial score (nSPS) is 13.0. The Morgan fingerprint density at radius 1 is 1.04 bits per heavy atom. The third kappa shape index (κ3) is 4.22. The average Bonchev–Trinajstić information content (AvgIpc) is 2.62. The molecule has 0 heterocycles. The van der Waals surface area contributed by atoms with E-state index < -0.39 is 5.97 Å². The second-order valence-corrected chi connectivity index (χ2v) is 5.83. The number of amides is 1. The molecule has 0 aromatic heterocycles. The SMILES string of the molecule is CC[C@H](C)[C@H](C(=O)Nc1ccc(C(=O)OC)cc1)c1ccccc1. The fraction of sp³-hybridized carbons (Fsp3) is 0.300. The lowest BCUT2D eigenvalue weighted by molar-refractivity contribution is -0.118. The van der Waals surface area contributed by atoms with E-state index in [-0.39, 0.29) is 17.7 Å². The highest BCUT2D eigenvalue weighted by molar-refractivity contribution is 5.96. The van der Waals surface area contributed by atoms with Crippen LogP contribution in [0.4, 0.5) is 5.69 Å². The van der Waals surface area contributed by atoms with Crippen molar-refractivity contribution in [3.05, 3.63) is 65.7 Å². The van der Waals surface area contributed by atoms with Crippen molar-refractivity contribution in [2.75, 3.05) is 12.4 Å². The molecule has 1 N–H and O–H groups in total. The van der Waals surface area contributed by atoms with Crippen molar-refractivity contribution in [3.63, 3.8) is 0 Å². The van der Waals surface area contributed by atoms with Gasteiger partial charge in [0.05, 0.1) is 18.6 Å². The van der Waals surface area contributed by atoms with Gasteiger partial charge >= 0.3 is 5.97 Å². The van der Waals surface area contributed by atoms with E-state index in [1.807, 2.05) is 30.3 Å². The minimum atomic E-state index is -0.394. The number of hydrogen-bond donors (Lipinski definition) is 1. The van der Waals surface area contributed by atoms with Crippen LogP contribution in [-0.4, -0.2) is 19.0 Å². The first kappa shape index (κ1) is 17.7. The Morgan fingerprint density at radius 2 is 1.67 bits per heavy atom. The number of benzene rings is 2. The predicted molar refractivity (Wildman–Crippen MR) is 95.0 cm³/mol. The Labute approximate surface area is 142 Å². The highest BCUT2D eigenvalue weighted by Gasteiger charge is 2.25. The van der Waals surface area contributed by atoms with Gasteiger partial charge in [0.1, 0.15) is 0 Å². The third-order valence-corrected chi connectivity index (χ3v) is 4.23. The Hall–Kier alpha value is -2.62. The predicted octanol–water partition coefficient (Wildman–Crippen LogP) is 4.24. The van der Waals surface area contributed by atoms with E-state index in [4.69, 9.17) is 0 Å². The summed E-state index contributed by atoms with van der Waals surface area (Å²) in [6.45, 7) is 4.16. The zero-order chi connectivity index (χ0) is 17.5. The number of carbonyl (C=O) groups excluding carboxylic acids is 2. The van der Waals surface area contributed by atoms with Crippen LogP contribution in [0, 0.1) is 5.92 Å². The van der Waals surface area contributed by atoms with Crippen LogP contribution in [0.25, 0.3) is 0 Å². The summed E-state index contributed by atoms with van der Waals surface area (Å²) in [4.78, 5) is 24.2. The van der Waals surface area contributed by atoms with Crippen molar-refractivity contribution in [2.24, 2.45) is 5.92 Å². The zero-order valence-electron chi connectivity index (χ0n) is 14.3. The number of esters is 1. The van der Waals surface area contributed by atoms with Gasteiger partial charge in [-0.15, -0.1) is 0 Å². The minimum absolute atomic E-state index is 0.0404. The van der Waals surface area contributed by atoms with Crippen LogP contribution in [0.2, 0.25) is 0 Å². The van der Waals surface area contributed by atoms with Crippen molar-refractivity contribution < 1.29 is 14.3 Å². The summed E-state index contributed by atoms with van der Waals surface area (Å²) in [6, 6.07) is 16.5. The number of methoxy groups -OCH3 is 1. The molecule has 0 aliphatic heterocycles. The summed E-state index contributed by atoms with van der Waals surface area (Å²) < 4.78 is 4.67. The van der Waals surface area contributed by atoms with Crippen LogP contribution in [-0.2, 0) is 9.53 Å². The number of carbonyl (C=O) groups is 2. The van der Waals surface area contributed by atoms with E-state index in [1.54, 1.807) is 24.3 Å². The fourth-order valence-corrected chi connectivity index (χ4v) is 2.66. The fourth-order valence-electron chi connectivity index (χ4n) is 2.66. The van der Waals surface area contributed by atoms with Gasteiger partial charge in [0.15, 0.2) is 0 Å². The van der Waals surface area contributed by atoms with Crippen LogP contribution >= 0.6 is 0 Å². The molecule has 2 aromatic carbocycles. The monoisotopic (exact) mass is 325 g/mol. The second kappa shape index (κ2) is 8.29. The summed E-state index contributed by atoms with van der Waals surface area (Å²) in [5, 5.41) is 2.95. The van der Waals surface area contributed by atoms with E-state index in [1.165, 1.54) is 7.11 Å². The molecule has 0 aliphatic rings. The molecule has 0 radical (unpaired) electrons. The maximum Gasteiger partial charge on any atom is 0.337 e. The molecule has 4 nitrogen and oxygen atoms in total. The van der Waals surface area contributed by atoms with Crippen LogP contribution in [0.1, 0.15) is 42.1 Å².